The Bertz CT molecular complexity index is 859. The summed E-state index contributed by atoms with van der Waals surface area (Å²) in [5.41, 5.74) is 3.39. The van der Waals surface area contributed by atoms with E-state index in [0.717, 1.165) is 50.1 Å². The van der Waals surface area contributed by atoms with Gasteiger partial charge < -0.3 is 9.64 Å². The lowest BCUT2D eigenvalue weighted by Gasteiger charge is -2.47. The van der Waals surface area contributed by atoms with Crippen molar-refractivity contribution in [1.82, 2.24) is 4.90 Å². The molecule has 2 aromatic rings. The van der Waals surface area contributed by atoms with Crippen LogP contribution in [0.1, 0.15) is 53.3 Å². The number of rotatable bonds is 4. The lowest BCUT2D eigenvalue weighted by Crippen LogP contribution is -2.53. The third-order valence-corrected chi connectivity index (χ3v) is 5.88. The quantitative estimate of drug-likeness (QED) is 0.759. The summed E-state index contributed by atoms with van der Waals surface area (Å²) in [6.07, 6.45) is 3.47. The van der Waals surface area contributed by atoms with Crippen molar-refractivity contribution in [2.45, 2.75) is 38.2 Å². The number of piperidine rings is 1. The van der Waals surface area contributed by atoms with Gasteiger partial charge in [0.05, 0.1) is 12.2 Å². The normalized spacial score (nSPS) is 18.2. The highest BCUT2D eigenvalue weighted by Gasteiger charge is 2.42. The number of benzene rings is 2. The van der Waals surface area contributed by atoms with Crippen molar-refractivity contribution < 1.29 is 14.3 Å². The molecule has 27 heavy (non-hydrogen) atoms. The van der Waals surface area contributed by atoms with Crippen molar-refractivity contribution in [2.75, 3.05) is 19.7 Å². The van der Waals surface area contributed by atoms with Crippen LogP contribution in [0.2, 0.25) is 0 Å². The predicted molar refractivity (Wildman–Crippen MR) is 105 cm³/mol. The first-order valence-corrected chi connectivity index (χ1v) is 9.77. The Labute approximate surface area is 160 Å². The molecule has 140 valence electrons. The Balaban J connectivity index is 1.52. The van der Waals surface area contributed by atoms with Gasteiger partial charge in [0.2, 0.25) is 0 Å². The molecule has 4 nitrogen and oxygen atoms in total. The molecule has 4 rings (SSSR count). The van der Waals surface area contributed by atoms with Gasteiger partial charge in [-0.25, -0.2) is 0 Å². The van der Waals surface area contributed by atoms with E-state index in [9.17, 15) is 9.59 Å². The van der Waals surface area contributed by atoms with Crippen LogP contribution in [0, 0.1) is 0 Å². The molecule has 1 amide bonds. The second kappa shape index (κ2) is 7.28. The Morgan fingerprint density at radius 3 is 2.11 bits per heavy atom. The number of Topliss-reactive ketones (excluding diaryl/α,β-unsaturated/α-hetero) is 1. The van der Waals surface area contributed by atoms with Gasteiger partial charge in [-0.15, -0.1) is 0 Å². The Morgan fingerprint density at radius 1 is 0.963 bits per heavy atom. The zero-order valence-electron chi connectivity index (χ0n) is 15.7. The highest BCUT2D eigenvalue weighted by Crippen LogP contribution is 2.37. The molecule has 4 heteroatoms. The number of carbonyl (C=O) groups is 2. The number of carbonyl (C=O) groups excluding carboxylic acids is 2. The average molecular weight is 363 g/mol. The molecule has 2 aromatic carbocycles. The lowest BCUT2D eigenvalue weighted by molar-refractivity contribution is -0.169. The van der Waals surface area contributed by atoms with Crippen LogP contribution in [-0.2, 0) is 4.74 Å². The van der Waals surface area contributed by atoms with Gasteiger partial charge in [0.1, 0.15) is 0 Å². The van der Waals surface area contributed by atoms with Crippen LogP contribution < -0.4 is 0 Å². The highest BCUT2D eigenvalue weighted by molar-refractivity contribution is 5.98. The van der Waals surface area contributed by atoms with Crippen molar-refractivity contribution in [3.63, 3.8) is 0 Å². The lowest BCUT2D eigenvalue weighted by atomic mass is 9.84. The summed E-state index contributed by atoms with van der Waals surface area (Å²) in [7, 11) is 0. The van der Waals surface area contributed by atoms with Gasteiger partial charge in [-0.05, 0) is 48.6 Å². The number of hydrogen-bond acceptors (Lipinski definition) is 3. The molecule has 0 bridgehead atoms. The second-order valence-electron chi connectivity index (χ2n) is 7.51. The van der Waals surface area contributed by atoms with Crippen LogP contribution in [-0.4, -0.2) is 41.9 Å². The van der Waals surface area contributed by atoms with Crippen LogP contribution in [0.3, 0.4) is 0 Å². The Kier molecular flexibility index (Phi) is 4.83. The van der Waals surface area contributed by atoms with Gasteiger partial charge in [-0.2, -0.15) is 0 Å². The fourth-order valence-electron chi connectivity index (χ4n) is 3.99. The van der Waals surface area contributed by atoms with Gasteiger partial charge in [0.25, 0.3) is 5.91 Å². The number of likely N-dealkylation sites (tertiary alicyclic amines) is 1. The minimum atomic E-state index is 0.0465. The first-order valence-electron chi connectivity index (χ1n) is 9.77. The molecule has 1 spiro atoms. The van der Waals surface area contributed by atoms with Gasteiger partial charge in [0.15, 0.2) is 5.78 Å². The van der Waals surface area contributed by atoms with E-state index in [4.69, 9.17) is 4.74 Å². The summed E-state index contributed by atoms with van der Waals surface area (Å²) >= 11 is 0. The summed E-state index contributed by atoms with van der Waals surface area (Å²) in [4.78, 5) is 26.9. The van der Waals surface area contributed by atoms with Gasteiger partial charge in [0, 0.05) is 30.6 Å². The fourth-order valence-corrected chi connectivity index (χ4v) is 3.99. The topological polar surface area (TPSA) is 46.6 Å². The number of ether oxygens (including phenoxy) is 1. The third kappa shape index (κ3) is 3.54. The van der Waals surface area contributed by atoms with Crippen molar-refractivity contribution in [3.8, 4) is 11.1 Å². The molecule has 2 fully saturated rings. The van der Waals surface area contributed by atoms with Crippen molar-refractivity contribution in [2.24, 2.45) is 0 Å². The first-order chi connectivity index (χ1) is 13.1. The average Bonchev–Trinajstić information content (AvgIpc) is 2.71. The maximum absolute atomic E-state index is 13.0. The molecule has 0 N–H and O–H groups in total. The minimum Gasteiger partial charge on any atom is -0.375 e. The molecule has 0 radical (unpaired) electrons. The summed E-state index contributed by atoms with van der Waals surface area (Å²) in [6, 6.07) is 15.3. The van der Waals surface area contributed by atoms with Gasteiger partial charge >= 0.3 is 0 Å². The number of ketones is 1. The molecule has 2 aliphatic heterocycles. The van der Waals surface area contributed by atoms with E-state index in [2.05, 4.69) is 0 Å². The van der Waals surface area contributed by atoms with Crippen molar-refractivity contribution in [3.05, 3.63) is 59.7 Å². The molecule has 0 aliphatic carbocycles. The summed E-state index contributed by atoms with van der Waals surface area (Å²) in [5, 5.41) is 0. The van der Waals surface area contributed by atoms with Gasteiger partial charge in [-0.3, -0.25) is 9.59 Å². The van der Waals surface area contributed by atoms with E-state index in [0.29, 0.717) is 17.5 Å². The van der Waals surface area contributed by atoms with Crippen LogP contribution in [0.25, 0.3) is 11.1 Å². The largest absolute Gasteiger partial charge is 0.375 e. The molecular weight excluding hydrogens is 338 g/mol. The summed E-state index contributed by atoms with van der Waals surface area (Å²) in [5.74, 6) is 0.205. The van der Waals surface area contributed by atoms with Crippen LogP contribution >= 0.6 is 0 Å². The van der Waals surface area contributed by atoms with Crippen LogP contribution in [0.5, 0.6) is 0 Å². The zero-order chi connectivity index (χ0) is 18.9. The van der Waals surface area contributed by atoms with E-state index in [1.165, 1.54) is 0 Å². The zero-order valence-corrected chi connectivity index (χ0v) is 15.7. The monoisotopic (exact) mass is 363 g/mol. The van der Waals surface area contributed by atoms with Crippen LogP contribution in [0.15, 0.2) is 48.5 Å². The number of hydrogen-bond donors (Lipinski definition) is 0. The molecule has 0 saturated carbocycles. The Morgan fingerprint density at radius 2 is 1.56 bits per heavy atom. The minimum absolute atomic E-state index is 0.0465. The molecule has 2 aliphatic rings. The number of nitrogens with zero attached hydrogens (tertiary/aromatic N) is 1. The maximum Gasteiger partial charge on any atom is 0.253 e. The van der Waals surface area contributed by atoms with Crippen molar-refractivity contribution >= 4 is 11.7 Å². The molecule has 0 atom stereocenters. The van der Waals surface area contributed by atoms with E-state index in [1.807, 2.05) is 60.4 Å². The molecule has 0 aromatic heterocycles. The van der Waals surface area contributed by atoms with E-state index in [1.54, 1.807) is 0 Å². The summed E-state index contributed by atoms with van der Waals surface area (Å²) < 4.78 is 5.74. The number of amides is 1. The first kappa shape index (κ1) is 17.9. The second-order valence-corrected chi connectivity index (χ2v) is 7.51. The predicted octanol–water partition coefficient (Wildman–Crippen LogP) is 4.34. The van der Waals surface area contributed by atoms with E-state index < -0.39 is 0 Å². The van der Waals surface area contributed by atoms with E-state index >= 15 is 0 Å². The molecule has 2 saturated heterocycles. The molecule has 2 heterocycles. The van der Waals surface area contributed by atoms with E-state index in [-0.39, 0.29) is 17.3 Å². The molecule has 0 unspecified atom stereocenters. The van der Waals surface area contributed by atoms with Crippen molar-refractivity contribution in [1.29, 1.82) is 0 Å². The van der Waals surface area contributed by atoms with Gasteiger partial charge in [-0.1, -0.05) is 37.3 Å². The summed E-state index contributed by atoms with van der Waals surface area (Å²) in [6.45, 7) is 4.23. The maximum atomic E-state index is 13.0. The fraction of sp³-hybridized carbons (Fsp3) is 0.391. The molecular formula is C23H25NO3. The van der Waals surface area contributed by atoms with Crippen LogP contribution in [0.4, 0.5) is 0 Å². The third-order valence-electron chi connectivity index (χ3n) is 5.88. The standard InChI is InChI=1S/C23H25NO3/c1-2-21(25)19-7-3-5-17(15-19)18-6-4-8-20(16-18)22(26)24-12-9-23(10-13-24)11-14-27-23/h3-8,15-16H,2,9-14H2,1H3. The SMILES string of the molecule is CCC(=O)c1cccc(-c2cccc(C(=O)N3CCC4(CCO4)CC3)c2)c1. The Hall–Kier alpha value is -2.46. The smallest absolute Gasteiger partial charge is 0.253 e. The highest BCUT2D eigenvalue weighted by atomic mass is 16.5.